The van der Waals surface area contributed by atoms with E-state index in [0.29, 0.717) is 6.04 Å². The van der Waals surface area contributed by atoms with Gasteiger partial charge in [0.2, 0.25) is 0 Å². The molecule has 0 fully saturated rings. The molecule has 0 aliphatic heterocycles. The van der Waals surface area contributed by atoms with Crippen molar-refractivity contribution in [3.8, 4) is 0 Å². The van der Waals surface area contributed by atoms with Crippen LogP contribution in [0.25, 0.3) is 0 Å². The molecule has 0 saturated heterocycles. The number of nitrogens with zero attached hydrogens (tertiary/aromatic N) is 2. The zero-order chi connectivity index (χ0) is 11.5. The molecule has 86 valence electrons. The van der Waals surface area contributed by atoms with Crippen molar-refractivity contribution in [2.24, 2.45) is 0 Å². The predicted molar refractivity (Wildman–Crippen MR) is 69.0 cm³/mol. The highest BCUT2D eigenvalue weighted by molar-refractivity contribution is 7.09. The van der Waals surface area contributed by atoms with Crippen molar-refractivity contribution in [2.75, 3.05) is 5.32 Å². The highest BCUT2D eigenvalue weighted by Gasteiger charge is 2.06. The summed E-state index contributed by atoms with van der Waals surface area (Å²) in [5.41, 5.74) is 1.20. The third-order valence-electron chi connectivity index (χ3n) is 2.45. The number of thiophene rings is 1. The molecule has 0 aliphatic carbocycles. The summed E-state index contributed by atoms with van der Waals surface area (Å²) in [5, 5.41) is 9.98. The summed E-state index contributed by atoms with van der Waals surface area (Å²) in [6.45, 7) is 7.21. The number of hydrogen-bond acceptors (Lipinski definition) is 3. The summed E-state index contributed by atoms with van der Waals surface area (Å²) < 4.78 is 1.99. The second kappa shape index (κ2) is 4.70. The topological polar surface area (TPSA) is 29.9 Å². The molecular formula is C12H17N3S. The van der Waals surface area contributed by atoms with Crippen molar-refractivity contribution < 1.29 is 0 Å². The summed E-state index contributed by atoms with van der Waals surface area (Å²) in [4.78, 5) is 1.33. The lowest BCUT2D eigenvalue weighted by Crippen LogP contribution is -2.03. The largest absolute Gasteiger partial charge is 0.363 e. The first-order valence-corrected chi connectivity index (χ1v) is 6.37. The minimum atomic E-state index is 0.413. The highest BCUT2D eigenvalue weighted by atomic mass is 32.1. The molecule has 16 heavy (non-hydrogen) atoms. The van der Waals surface area contributed by atoms with Crippen molar-refractivity contribution in [3.05, 3.63) is 34.2 Å². The SMILES string of the molecule is Cc1cn(C(C)C)nc1NCc1cccs1. The molecule has 0 saturated carbocycles. The molecule has 2 rings (SSSR count). The van der Waals surface area contributed by atoms with E-state index in [2.05, 4.69) is 54.9 Å². The fourth-order valence-corrected chi connectivity index (χ4v) is 2.15. The van der Waals surface area contributed by atoms with Crippen LogP contribution < -0.4 is 5.32 Å². The van der Waals surface area contributed by atoms with E-state index in [1.54, 1.807) is 11.3 Å². The molecule has 0 bridgehead atoms. The minimum absolute atomic E-state index is 0.413. The van der Waals surface area contributed by atoms with Crippen LogP contribution in [0.4, 0.5) is 5.82 Å². The van der Waals surface area contributed by atoms with Crippen molar-refractivity contribution in [2.45, 2.75) is 33.4 Å². The Balaban J connectivity index is 2.04. The molecule has 2 aromatic rings. The first kappa shape index (κ1) is 11.2. The average Bonchev–Trinajstić information content (AvgIpc) is 2.84. The molecule has 0 amide bonds. The zero-order valence-corrected chi connectivity index (χ0v) is 10.7. The van der Waals surface area contributed by atoms with Gasteiger partial charge in [0, 0.05) is 22.7 Å². The molecule has 0 atom stereocenters. The maximum Gasteiger partial charge on any atom is 0.151 e. The van der Waals surface area contributed by atoms with Gasteiger partial charge in [0.05, 0.1) is 6.54 Å². The van der Waals surface area contributed by atoms with Gasteiger partial charge in [-0.15, -0.1) is 11.3 Å². The quantitative estimate of drug-likeness (QED) is 0.879. The summed E-state index contributed by atoms with van der Waals surface area (Å²) in [5.74, 6) is 0.988. The molecule has 1 N–H and O–H groups in total. The maximum absolute atomic E-state index is 4.52. The Hall–Kier alpha value is -1.29. The second-order valence-corrected chi connectivity index (χ2v) is 5.20. The standard InChI is InChI=1S/C12H17N3S/c1-9(2)15-8-10(3)12(14-15)13-7-11-5-4-6-16-11/h4-6,8-9H,7H2,1-3H3,(H,13,14). The normalized spacial score (nSPS) is 11.0. The van der Waals surface area contributed by atoms with Crippen LogP contribution in [-0.2, 0) is 6.54 Å². The minimum Gasteiger partial charge on any atom is -0.363 e. The lowest BCUT2D eigenvalue weighted by molar-refractivity contribution is 0.533. The monoisotopic (exact) mass is 235 g/mol. The van der Waals surface area contributed by atoms with Crippen LogP contribution in [0, 0.1) is 6.92 Å². The molecule has 0 aromatic carbocycles. The summed E-state index contributed by atoms with van der Waals surface area (Å²) in [7, 11) is 0. The second-order valence-electron chi connectivity index (χ2n) is 4.17. The van der Waals surface area contributed by atoms with Gasteiger partial charge in [0.15, 0.2) is 5.82 Å². The van der Waals surface area contributed by atoms with Crippen LogP contribution in [0.2, 0.25) is 0 Å². The predicted octanol–water partition coefficient (Wildman–Crippen LogP) is 3.45. The van der Waals surface area contributed by atoms with Gasteiger partial charge >= 0.3 is 0 Å². The van der Waals surface area contributed by atoms with Crippen molar-refractivity contribution in [1.29, 1.82) is 0 Å². The van der Waals surface area contributed by atoms with Gasteiger partial charge in [-0.3, -0.25) is 4.68 Å². The molecule has 0 spiro atoms. The van der Waals surface area contributed by atoms with E-state index in [4.69, 9.17) is 0 Å². The smallest absolute Gasteiger partial charge is 0.151 e. The van der Waals surface area contributed by atoms with Gasteiger partial charge in [-0.1, -0.05) is 6.07 Å². The van der Waals surface area contributed by atoms with Crippen molar-refractivity contribution in [3.63, 3.8) is 0 Å². The van der Waals surface area contributed by atoms with E-state index < -0.39 is 0 Å². The van der Waals surface area contributed by atoms with Crippen LogP contribution >= 0.6 is 11.3 Å². The number of aryl methyl sites for hydroxylation is 1. The van der Waals surface area contributed by atoms with E-state index in [1.165, 1.54) is 10.4 Å². The van der Waals surface area contributed by atoms with E-state index in [9.17, 15) is 0 Å². The molecule has 2 aromatic heterocycles. The summed E-state index contributed by atoms with van der Waals surface area (Å²) in [6, 6.07) is 4.62. The fraction of sp³-hybridized carbons (Fsp3) is 0.417. The molecular weight excluding hydrogens is 218 g/mol. The van der Waals surface area contributed by atoms with Gasteiger partial charge in [0.25, 0.3) is 0 Å². The molecule has 3 nitrogen and oxygen atoms in total. The lowest BCUT2D eigenvalue weighted by Gasteiger charge is -2.04. The Labute approximate surface area is 100 Å². The van der Waals surface area contributed by atoms with Crippen LogP contribution in [0.15, 0.2) is 23.7 Å². The molecule has 0 aliphatic rings. The molecule has 2 heterocycles. The van der Waals surface area contributed by atoms with Crippen LogP contribution in [0.5, 0.6) is 0 Å². The zero-order valence-electron chi connectivity index (χ0n) is 9.90. The molecule has 4 heteroatoms. The van der Waals surface area contributed by atoms with E-state index in [1.807, 2.05) is 4.68 Å². The van der Waals surface area contributed by atoms with Gasteiger partial charge in [0.1, 0.15) is 0 Å². The molecule has 0 radical (unpaired) electrons. The van der Waals surface area contributed by atoms with E-state index in [0.717, 1.165) is 12.4 Å². The Morgan fingerprint density at radius 3 is 2.88 bits per heavy atom. The van der Waals surface area contributed by atoms with E-state index >= 15 is 0 Å². The third-order valence-corrected chi connectivity index (χ3v) is 3.33. The van der Waals surface area contributed by atoms with Crippen molar-refractivity contribution in [1.82, 2.24) is 9.78 Å². The van der Waals surface area contributed by atoms with Gasteiger partial charge in [-0.2, -0.15) is 5.10 Å². The number of anilines is 1. The third kappa shape index (κ3) is 2.44. The summed E-state index contributed by atoms with van der Waals surface area (Å²) >= 11 is 1.76. The average molecular weight is 235 g/mol. The van der Waals surface area contributed by atoms with Crippen LogP contribution in [0.3, 0.4) is 0 Å². The number of aromatic nitrogens is 2. The first-order chi connectivity index (χ1) is 7.66. The number of hydrogen-bond donors (Lipinski definition) is 1. The molecule has 0 unspecified atom stereocenters. The Morgan fingerprint density at radius 2 is 2.31 bits per heavy atom. The maximum atomic E-state index is 4.52. The fourth-order valence-electron chi connectivity index (χ4n) is 1.51. The number of nitrogens with one attached hydrogen (secondary N) is 1. The number of rotatable bonds is 4. The first-order valence-electron chi connectivity index (χ1n) is 5.49. The van der Waals surface area contributed by atoms with Crippen molar-refractivity contribution >= 4 is 17.2 Å². The lowest BCUT2D eigenvalue weighted by atomic mass is 10.3. The van der Waals surface area contributed by atoms with Crippen LogP contribution in [-0.4, -0.2) is 9.78 Å². The summed E-state index contributed by atoms with van der Waals surface area (Å²) in [6.07, 6.45) is 2.08. The van der Waals surface area contributed by atoms with Crippen LogP contribution in [0.1, 0.15) is 30.3 Å². The van der Waals surface area contributed by atoms with E-state index in [-0.39, 0.29) is 0 Å². The van der Waals surface area contributed by atoms with Gasteiger partial charge in [-0.25, -0.2) is 0 Å². The highest BCUT2D eigenvalue weighted by Crippen LogP contribution is 2.17. The Kier molecular flexibility index (Phi) is 3.29. The Morgan fingerprint density at radius 1 is 1.50 bits per heavy atom. The van der Waals surface area contributed by atoms with Gasteiger partial charge < -0.3 is 5.32 Å². The Bertz CT molecular complexity index is 443. The van der Waals surface area contributed by atoms with Gasteiger partial charge in [-0.05, 0) is 32.2 Å².